The second-order valence-corrected chi connectivity index (χ2v) is 10.2. The number of hydrogen-bond acceptors (Lipinski definition) is 6. The van der Waals surface area contributed by atoms with E-state index in [1.54, 1.807) is 37.3 Å². The summed E-state index contributed by atoms with van der Waals surface area (Å²) in [5, 5.41) is 7.23. The highest BCUT2D eigenvalue weighted by Crippen LogP contribution is 2.32. The summed E-state index contributed by atoms with van der Waals surface area (Å²) in [4.78, 5) is 16.8. The maximum absolute atomic E-state index is 13.4. The first-order valence-corrected chi connectivity index (χ1v) is 12.1. The van der Waals surface area contributed by atoms with Crippen molar-refractivity contribution in [2.75, 3.05) is 18.4 Å². The summed E-state index contributed by atoms with van der Waals surface area (Å²) < 4.78 is 33.1. The van der Waals surface area contributed by atoms with E-state index < -0.39 is 15.9 Å². The third kappa shape index (κ3) is 4.80. The summed E-state index contributed by atoms with van der Waals surface area (Å²) in [7, 11) is -3.95. The smallest absolute Gasteiger partial charge is 0.244 e. The van der Waals surface area contributed by atoms with Gasteiger partial charge in [0, 0.05) is 36.3 Å². The summed E-state index contributed by atoms with van der Waals surface area (Å²) >= 11 is 12.2. The Morgan fingerprint density at radius 1 is 1.22 bits per heavy atom. The van der Waals surface area contributed by atoms with E-state index in [2.05, 4.69) is 15.5 Å². The quantitative estimate of drug-likeness (QED) is 0.563. The zero-order chi connectivity index (χ0) is 22.9. The Kier molecular flexibility index (Phi) is 6.52. The lowest BCUT2D eigenvalue weighted by atomic mass is 9.99. The summed E-state index contributed by atoms with van der Waals surface area (Å²) in [5.74, 6) is -0.120. The number of benzene rings is 2. The number of anilines is 1. The van der Waals surface area contributed by atoms with Crippen LogP contribution < -0.4 is 5.32 Å². The average Bonchev–Trinajstić information content (AvgIpc) is 3.20. The number of piperidine rings is 1. The fraction of sp³-hybridized carbons (Fsp3) is 0.286. The lowest BCUT2D eigenvalue weighted by Crippen LogP contribution is -2.43. The molecule has 1 amide bonds. The molecule has 1 aliphatic rings. The topological polar surface area (TPSA) is 105 Å². The lowest BCUT2D eigenvalue weighted by Gasteiger charge is -2.31. The molecule has 1 aliphatic heterocycles. The van der Waals surface area contributed by atoms with E-state index in [0.29, 0.717) is 41.6 Å². The van der Waals surface area contributed by atoms with Gasteiger partial charge in [-0.3, -0.25) is 4.79 Å². The van der Waals surface area contributed by atoms with Crippen LogP contribution in [0.2, 0.25) is 10.0 Å². The largest absolute Gasteiger partial charge is 0.339 e. The highest BCUT2D eigenvalue weighted by molar-refractivity contribution is 7.89. The minimum atomic E-state index is -3.95. The van der Waals surface area contributed by atoms with E-state index in [1.165, 1.54) is 16.4 Å². The number of carbonyl (C=O) groups excluding carboxylic acids is 1. The van der Waals surface area contributed by atoms with Crippen LogP contribution in [0.5, 0.6) is 0 Å². The van der Waals surface area contributed by atoms with E-state index in [-0.39, 0.29) is 28.2 Å². The molecule has 8 nitrogen and oxygen atoms in total. The molecule has 1 fully saturated rings. The van der Waals surface area contributed by atoms with E-state index in [9.17, 15) is 13.2 Å². The predicted octanol–water partition coefficient (Wildman–Crippen LogP) is 4.39. The first kappa shape index (κ1) is 22.7. The van der Waals surface area contributed by atoms with Gasteiger partial charge in [0.2, 0.25) is 27.6 Å². The Morgan fingerprint density at radius 3 is 2.75 bits per heavy atom. The van der Waals surface area contributed by atoms with Crippen LogP contribution in [0.3, 0.4) is 0 Å². The molecule has 0 aliphatic carbocycles. The molecule has 0 radical (unpaired) electrons. The molecule has 1 saturated heterocycles. The number of amides is 1. The summed E-state index contributed by atoms with van der Waals surface area (Å²) in [6, 6.07) is 11.4. The highest BCUT2D eigenvalue weighted by Gasteiger charge is 2.34. The molecule has 2 heterocycles. The van der Waals surface area contributed by atoms with Crippen LogP contribution in [0, 0.1) is 12.8 Å². The molecule has 168 valence electrons. The van der Waals surface area contributed by atoms with Crippen LogP contribution >= 0.6 is 23.2 Å². The number of aromatic nitrogens is 2. The van der Waals surface area contributed by atoms with Crippen molar-refractivity contribution in [1.29, 1.82) is 0 Å². The molecule has 1 aromatic heterocycles. The van der Waals surface area contributed by atoms with Gasteiger partial charge in [0.15, 0.2) is 0 Å². The number of nitrogens with one attached hydrogen (secondary N) is 1. The maximum atomic E-state index is 13.4. The van der Waals surface area contributed by atoms with E-state index >= 15 is 0 Å². The van der Waals surface area contributed by atoms with E-state index in [1.807, 2.05) is 0 Å². The first-order chi connectivity index (χ1) is 15.2. The van der Waals surface area contributed by atoms with Crippen LogP contribution in [0.1, 0.15) is 18.7 Å². The van der Waals surface area contributed by atoms with Gasteiger partial charge in [-0.15, -0.1) is 0 Å². The molecule has 11 heteroatoms. The van der Waals surface area contributed by atoms with Crippen molar-refractivity contribution in [1.82, 2.24) is 14.4 Å². The fourth-order valence-corrected chi connectivity index (χ4v) is 5.80. The van der Waals surface area contributed by atoms with Crippen molar-refractivity contribution in [2.24, 2.45) is 5.92 Å². The van der Waals surface area contributed by atoms with Crippen LogP contribution in [0.25, 0.3) is 11.4 Å². The van der Waals surface area contributed by atoms with Gasteiger partial charge >= 0.3 is 0 Å². The molecular formula is C21H20Cl2N4O4S. The number of aryl methyl sites for hydroxylation is 1. The second kappa shape index (κ2) is 9.19. The number of halogens is 2. The number of sulfonamides is 1. The Balaban J connectivity index is 1.55. The molecule has 0 unspecified atom stereocenters. The maximum Gasteiger partial charge on any atom is 0.244 e. The average molecular weight is 495 g/mol. The van der Waals surface area contributed by atoms with Crippen molar-refractivity contribution < 1.29 is 17.7 Å². The Morgan fingerprint density at radius 2 is 2.03 bits per heavy atom. The number of nitrogens with zero attached hydrogens (tertiary/aromatic N) is 3. The van der Waals surface area contributed by atoms with Gasteiger partial charge in [-0.25, -0.2) is 8.42 Å². The molecular weight excluding hydrogens is 475 g/mol. The van der Waals surface area contributed by atoms with Gasteiger partial charge in [-0.2, -0.15) is 9.29 Å². The molecule has 0 bridgehead atoms. The van der Waals surface area contributed by atoms with Gasteiger partial charge in [-0.05, 0) is 49.2 Å². The SMILES string of the molecule is Cc1nc(-c2ccc(Cl)c(S(=O)(=O)N3CCC[C@H](C(=O)Nc4cccc(Cl)c4)C3)c2)no1. The zero-order valence-electron chi connectivity index (χ0n) is 17.1. The van der Waals surface area contributed by atoms with Gasteiger partial charge in [0.25, 0.3) is 0 Å². The van der Waals surface area contributed by atoms with E-state index in [0.717, 1.165) is 0 Å². The third-order valence-electron chi connectivity index (χ3n) is 5.18. The summed E-state index contributed by atoms with van der Waals surface area (Å²) in [6.07, 6.45) is 1.13. The van der Waals surface area contributed by atoms with Crippen LogP contribution in [0.15, 0.2) is 51.9 Å². The molecule has 0 spiro atoms. The monoisotopic (exact) mass is 494 g/mol. The molecule has 4 rings (SSSR count). The standard InChI is InChI=1S/C21H20Cl2N4O4S/c1-13-24-20(26-31-13)14-7-8-18(23)19(10-14)32(29,30)27-9-3-4-15(12-27)21(28)25-17-6-2-5-16(22)11-17/h2,5-8,10-11,15H,3-4,9,12H2,1H3,(H,25,28)/t15-/m0/s1. The number of hydrogen-bond donors (Lipinski definition) is 1. The van der Waals surface area contributed by atoms with Crippen LogP contribution in [-0.2, 0) is 14.8 Å². The Bertz CT molecular complexity index is 1260. The normalized spacial score (nSPS) is 17.3. The van der Waals surface area contributed by atoms with E-state index in [4.69, 9.17) is 27.7 Å². The van der Waals surface area contributed by atoms with Gasteiger partial charge in [-0.1, -0.05) is 34.4 Å². The Hall–Kier alpha value is -2.46. The molecule has 32 heavy (non-hydrogen) atoms. The van der Waals surface area contributed by atoms with Gasteiger partial charge in [0.05, 0.1) is 10.9 Å². The molecule has 1 N–H and O–H groups in total. The summed E-state index contributed by atoms with van der Waals surface area (Å²) in [5.41, 5.74) is 1.03. The third-order valence-corrected chi connectivity index (χ3v) is 7.76. The second-order valence-electron chi connectivity index (χ2n) is 7.48. The van der Waals surface area contributed by atoms with Crippen molar-refractivity contribution in [3.63, 3.8) is 0 Å². The lowest BCUT2D eigenvalue weighted by molar-refractivity contribution is -0.120. The Labute approximate surface area is 195 Å². The minimum absolute atomic E-state index is 0.0522. The predicted molar refractivity (Wildman–Crippen MR) is 121 cm³/mol. The first-order valence-electron chi connectivity index (χ1n) is 9.91. The molecule has 2 aromatic carbocycles. The molecule has 0 saturated carbocycles. The highest BCUT2D eigenvalue weighted by atomic mass is 35.5. The summed E-state index contributed by atoms with van der Waals surface area (Å²) in [6.45, 7) is 1.99. The van der Waals surface area contributed by atoms with Crippen molar-refractivity contribution in [2.45, 2.75) is 24.7 Å². The number of rotatable bonds is 5. The minimum Gasteiger partial charge on any atom is -0.339 e. The molecule has 3 aromatic rings. The van der Waals surface area contributed by atoms with Gasteiger partial charge < -0.3 is 9.84 Å². The number of carbonyl (C=O) groups is 1. The van der Waals surface area contributed by atoms with Crippen molar-refractivity contribution >= 4 is 44.8 Å². The fourth-order valence-electron chi connectivity index (χ4n) is 3.58. The zero-order valence-corrected chi connectivity index (χ0v) is 19.4. The van der Waals surface area contributed by atoms with Crippen LogP contribution in [0.4, 0.5) is 5.69 Å². The van der Waals surface area contributed by atoms with Crippen molar-refractivity contribution in [3.8, 4) is 11.4 Å². The molecule has 1 atom stereocenters. The van der Waals surface area contributed by atoms with Gasteiger partial charge in [0.1, 0.15) is 4.90 Å². The van der Waals surface area contributed by atoms with Crippen LogP contribution in [-0.4, -0.2) is 41.9 Å². The van der Waals surface area contributed by atoms with Crippen molar-refractivity contribution in [3.05, 3.63) is 58.4 Å².